The fraction of sp³-hybridized carbons (Fsp3) is 1.00. The molecule has 0 saturated heterocycles. The summed E-state index contributed by atoms with van der Waals surface area (Å²) in [6.45, 7) is 8.16. The molecule has 0 saturated carbocycles. The molecular weight excluding hydrogens is 420 g/mol. The minimum atomic E-state index is -2.41. The van der Waals surface area contributed by atoms with Crippen molar-refractivity contribution in [1.82, 2.24) is 0 Å². The second-order valence-electron chi connectivity index (χ2n) is 8.82. The quantitative estimate of drug-likeness (QED) is 0.0766. The zero-order valence-corrected chi connectivity index (χ0v) is 23.3. The molecule has 0 bridgehead atoms. The van der Waals surface area contributed by atoms with Crippen LogP contribution in [0.15, 0.2) is 0 Å². The SMILES string of the molecule is CCO[Si](CCCCCCCCCCCCCCCCCCCCS)(OCC)OCC. The number of hydrogen-bond acceptors (Lipinski definition) is 4. The summed E-state index contributed by atoms with van der Waals surface area (Å²) in [5.41, 5.74) is 0. The number of rotatable bonds is 26. The number of unbranched alkanes of at least 4 members (excludes halogenated alkanes) is 17. The van der Waals surface area contributed by atoms with Crippen LogP contribution in [0.3, 0.4) is 0 Å². The Morgan fingerprint density at radius 3 is 0.935 bits per heavy atom. The Hall–Kier alpha value is 0.447. The van der Waals surface area contributed by atoms with Gasteiger partial charge < -0.3 is 13.3 Å². The molecular formula is C26H56O3SSi. The first-order valence-electron chi connectivity index (χ1n) is 13.8. The monoisotopic (exact) mass is 476 g/mol. The summed E-state index contributed by atoms with van der Waals surface area (Å²) in [5, 5.41) is 0. The van der Waals surface area contributed by atoms with E-state index in [1.165, 1.54) is 116 Å². The maximum absolute atomic E-state index is 5.94. The van der Waals surface area contributed by atoms with Crippen molar-refractivity contribution in [1.29, 1.82) is 0 Å². The fourth-order valence-corrected chi connectivity index (χ4v) is 7.19. The highest BCUT2D eigenvalue weighted by molar-refractivity contribution is 7.80. The van der Waals surface area contributed by atoms with Gasteiger partial charge >= 0.3 is 8.80 Å². The van der Waals surface area contributed by atoms with Crippen LogP contribution in [0.25, 0.3) is 0 Å². The van der Waals surface area contributed by atoms with Gasteiger partial charge in [-0.15, -0.1) is 0 Å². The van der Waals surface area contributed by atoms with Gasteiger partial charge in [0.25, 0.3) is 0 Å². The maximum Gasteiger partial charge on any atom is 0.500 e. The molecule has 3 nitrogen and oxygen atoms in total. The molecule has 0 aliphatic heterocycles. The molecule has 0 N–H and O–H groups in total. The van der Waals surface area contributed by atoms with Crippen LogP contribution in [0.1, 0.15) is 136 Å². The van der Waals surface area contributed by atoms with Crippen LogP contribution in [0.5, 0.6) is 0 Å². The van der Waals surface area contributed by atoms with Gasteiger partial charge in [-0.1, -0.05) is 103 Å². The van der Waals surface area contributed by atoms with Gasteiger partial charge in [-0.25, -0.2) is 0 Å². The summed E-state index contributed by atoms with van der Waals surface area (Å²) >= 11 is 4.27. The van der Waals surface area contributed by atoms with Crippen molar-refractivity contribution in [2.45, 2.75) is 142 Å². The first-order chi connectivity index (χ1) is 15.2. The third kappa shape index (κ3) is 20.8. The average Bonchev–Trinajstić information content (AvgIpc) is 2.76. The predicted octanol–water partition coefficient (Wildman–Crippen LogP) is 8.99. The molecule has 188 valence electrons. The van der Waals surface area contributed by atoms with Crippen molar-refractivity contribution < 1.29 is 13.3 Å². The minimum Gasteiger partial charge on any atom is -0.374 e. The predicted molar refractivity (Wildman–Crippen MR) is 142 cm³/mol. The van der Waals surface area contributed by atoms with Crippen LogP contribution in [-0.4, -0.2) is 34.4 Å². The third-order valence-electron chi connectivity index (χ3n) is 5.98. The summed E-state index contributed by atoms with van der Waals surface area (Å²) < 4.78 is 17.8. The van der Waals surface area contributed by atoms with Crippen LogP contribution in [0, 0.1) is 0 Å². The molecule has 0 rings (SSSR count). The van der Waals surface area contributed by atoms with Crippen molar-refractivity contribution in [2.75, 3.05) is 25.6 Å². The first kappa shape index (κ1) is 31.4. The molecule has 0 amide bonds. The van der Waals surface area contributed by atoms with E-state index in [4.69, 9.17) is 13.3 Å². The van der Waals surface area contributed by atoms with Gasteiger partial charge in [0.1, 0.15) is 0 Å². The molecule has 5 heteroatoms. The molecule has 0 radical (unpaired) electrons. The lowest BCUT2D eigenvalue weighted by molar-refractivity contribution is 0.0706. The summed E-state index contributed by atoms with van der Waals surface area (Å²) in [6.07, 6.45) is 25.1. The summed E-state index contributed by atoms with van der Waals surface area (Å²) in [7, 11) is -2.41. The molecule has 0 atom stereocenters. The van der Waals surface area contributed by atoms with Gasteiger partial charge in [0.05, 0.1) is 0 Å². The van der Waals surface area contributed by atoms with Crippen molar-refractivity contribution in [3.63, 3.8) is 0 Å². The second-order valence-corrected chi connectivity index (χ2v) is 12.0. The van der Waals surface area contributed by atoms with Crippen LogP contribution in [-0.2, 0) is 13.3 Å². The Morgan fingerprint density at radius 1 is 0.419 bits per heavy atom. The Labute approximate surface area is 202 Å². The summed E-state index contributed by atoms with van der Waals surface area (Å²) in [5.74, 6) is 1.06. The van der Waals surface area contributed by atoms with Crippen molar-refractivity contribution in [3.8, 4) is 0 Å². The van der Waals surface area contributed by atoms with E-state index < -0.39 is 8.80 Å². The Bertz CT molecular complexity index is 328. The average molecular weight is 477 g/mol. The van der Waals surface area contributed by atoms with Gasteiger partial charge in [-0.3, -0.25) is 0 Å². The molecule has 0 aromatic rings. The van der Waals surface area contributed by atoms with Gasteiger partial charge in [-0.05, 0) is 39.4 Å². The van der Waals surface area contributed by atoms with Crippen molar-refractivity contribution in [2.24, 2.45) is 0 Å². The van der Waals surface area contributed by atoms with Gasteiger partial charge in [0.2, 0.25) is 0 Å². The Morgan fingerprint density at radius 2 is 0.677 bits per heavy atom. The van der Waals surface area contributed by atoms with E-state index in [-0.39, 0.29) is 0 Å². The molecule has 0 spiro atoms. The summed E-state index contributed by atoms with van der Waals surface area (Å²) in [4.78, 5) is 0. The molecule has 0 unspecified atom stereocenters. The molecule has 0 aromatic carbocycles. The van der Waals surface area contributed by atoms with Gasteiger partial charge in [-0.2, -0.15) is 12.6 Å². The fourth-order valence-electron chi connectivity index (χ4n) is 4.28. The smallest absolute Gasteiger partial charge is 0.374 e. The van der Waals surface area contributed by atoms with Crippen LogP contribution >= 0.6 is 12.6 Å². The van der Waals surface area contributed by atoms with E-state index >= 15 is 0 Å². The normalized spacial score (nSPS) is 12.0. The molecule has 0 aliphatic rings. The molecule has 31 heavy (non-hydrogen) atoms. The van der Waals surface area contributed by atoms with E-state index in [1.807, 2.05) is 20.8 Å². The van der Waals surface area contributed by atoms with E-state index in [0.29, 0.717) is 19.8 Å². The van der Waals surface area contributed by atoms with Crippen LogP contribution in [0.2, 0.25) is 6.04 Å². The van der Waals surface area contributed by atoms with Crippen LogP contribution in [0.4, 0.5) is 0 Å². The maximum atomic E-state index is 5.94. The number of hydrogen-bond donors (Lipinski definition) is 1. The molecule has 0 aliphatic carbocycles. The van der Waals surface area contributed by atoms with Crippen LogP contribution < -0.4 is 0 Å². The van der Waals surface area contributed by atoms with E-state index in [0.717, 1.165) is 11.8 Å². The minimum absolute atomic E-state index is 0.684. The highest BCUT2D eigenvalue weighted by Gasteiger charge is 2.39. The van der Waals surface area contributed by atoms with Crippen molar-refractivity contribution in [3.05, 3.63) is 0 Å². The second kappa shape index (κ2) is 25.1. The Kier molecular flexibility index (Phi) is 25.4. The Balaban J connectivity index is 3.39. The zero-order chi connectivity index (χ0) is 22.9. The van der Waals surface area contributed by atoms with E-state index in [9.17, 15) is 0 Å². The highest BCUT2D eigenvalue weighted by Crippen LogP contribution is 2.21. The van der Waals surface area contributed by atoms with Gasteiger partial charge in [0, 0.05) is 25.9 Å². The highest BCUT2D eigenvalue weighted by atomic mass is 32.1. The largest absolute Gasteiger partial charge is 0.500 e. The molecule has 0 aromatic heterocycles. The van der Waals surface area contributed by atoms with Gasteiger partial charge in [0.15, 0.2) is 0 Å². The zero-order valence-electron chi connectivity index (χ0n) is 21.4. The lowest BCUT2D eigenvalue weighted by Gasteiger charge is -2.28. The van der Waals surface area contributed by atoms with E-state index in [2.05, 4.69) is 12.6 Å². The first-order valence-corrected chi connectivity index (χ1v) is 16.3. The van der Waals surface area contributed by atoms with E-state index in [1.54, 1.807) is 0 Å². The molecule has 0 heterocycles. The van der Waals surface area contributed by atoms with Crippen molar-refractivity contribution >= 4 is 21.4 Å². The topological polar surface area (TPSA) is 27.7 Å². The number of thiol groups is 1. The standard InChI is InChI=1S/C26H56O3SSi/c1-4-27-31(28-5-2,29-6-3)26-24-22-20-18-16-14-12-10-8-7-9-11-13-15-17-19-21-23-25-30/h30H,4-26H2,1-3H3. The molecule has 0 fully saturated rings. The lowest BCUT2D eigenvalue weighted by atomic mass is 10.0. The third-order valence-corrected chi connectivity index (χ3v) is 9.45. The summed E-state index contributed by atoms with van der Waals surface area (Å²) in [6, 6.07) is 0.971. The lowest BCUT2D eigenvalue weighted by Crippen LogP contribution is -2.45.